The highest BCUT2D eigenvalue weighted by Crippen LogP contribution is 2.25. The fraction of sp³-hybridized carbons (Fsp3) is 0.333. The third-order valence-corrected chi connectivity index (χ3v) is 6.88. The van der Waals surface area contributed by atoms with Gasteiger partial charge in [-0.15, -0.1) is 0 Å². The highest BCUT2D eigenvalue weighted by molar-refractivity contribution is 7.92. The van der Waals surface area contributed by atoms with Crippen LogP contribution in [-0.4, -0.2) is 31.5 Å². The fourth-order valence-corrected chi connectivity index (χ4v) is 5.38. The summed E-state index contributed by atoms with van der Waals surface area (Å²) in [6.07, 6.45) is 0. The lowest BCUT2D eigenvalue weighted by Crippen LogP contribution is -2.23. The van der Waals surface area contributed by atoms with E-state index in [4.69, 9.17) is 0 Å². The van der Waals surface area contributed by atoms with Crippen molar-refractivity contribution in [2.75, 3.05) is 28.0 Å². The first-order chi connectivity index (χ1) is 15.1. The van der Waals surface area contributed by atoms with E-state index in [9.17, 15) is 8.42 Å². The number of benzene rings is 2. The third-order valence-electron chi connectivity index (χ3n) is 5.19. The lowest BCUT2D eigenvalue weighted by atomic mass is 10.1. The average molecular weight is 454 g/mol. The molecule has 3 rings (SSSR count). The van der Waals surface area contributed by atoms with Crippen LogP contribution < -0.4 is 14.9 Å². The van der Waals surface area contributed by atoms with E-state index in [1.54, 1.807) is 24.3 Å². The molecule has 0 aliphatic carbocycles. The number of rotatable bonds is 8. The lowest BCUT2D eigenvalue weighted by Gasteiger charge is -2.20. The number of nitrogens with one attached hydrogen (secondary N) is 2. The van der Waals surface area contributed by atoms with E-state index in [1.165, 1.54) is 0 Å². The van der Waals surface area contributed by atoms with Crippen molar-refractivity contribution in [1.82, 2.24) is 9.97 Å². The summed E-state index contributed by atoms with van der Waals surface area (Å²) in [5.41, 5.74) is 4.63. The Bertz CT molecular complexity index is 1180. The van der Waals surface area contributed by atoms with Gasteiger partial charge in [0.15, 0.2) is 0 Å². The molecule has 170 valence electrons. The van der Waals surface area contributed by atoms with Crippen LogP contribution in [-0.2, 0) is 10.0 Å². The van der Waals surface area contributed by atoms with Gasteiger partial charge in [-0.25, -0.2) is 13.4 Å². The molecule has 0 saturated carbocycles. The first kappa shape index (κ1) is 23.5. The summed E-state index contributed by atoms with van der Waals surface area (Å²) in [4.78, 5) is 11.6. The van der Waals surface area contributed by atoms with Crippen LogP contribution in [0.15, 0.2) is 47.4 Å². The summed E-state index contributed by atoms with van der Waals surface area (Å²) in [5.74, 6) is 1.38. The molecule has 32 heavy (non-hydrogen) atoms. The highest BCUT2D eigenvalue weighted by atomic mass is 32.2. The standard InChI is InChI=1S/C24H31N5O2S/c1-7-29(8-2)22-15-19(6)25-24(27-22)26-20-9-11-21(12-10-20)28-32(30,31)23-17(4)13-16(3)14-18(23)5/h9-15,28H,7-8H2,1-6H3,(H,25,26,27). The SMILES string of the molecule is CCN(CC)c1cc(C)nc(Nc2ccc(NS(=O)(=O)c3c(C)cc(C)cc3C)cc2)n1. The topological polar surface area (TPSA) is 87.2 Å². The minimum absolute atomic E-state index is 0.322. The van der Waals surface area contributed by atoms with Crippen molar-refractivity contribution < 1.29 is 8.42 Å². The molecule has 1 heterocycles. The smallest absolute Gasteiger partial charge is 0.262 e. The first-order valence-corrected chi connectivity index (χ1v) is 12.2. The second-order valence-electron chi connectivity index (χ2n) is 7.90. The molecular formula is C24H31N5O2S. The van der Waals surface area contributed by atoms with Crippen LogP contribution in [0.5, 0.6) is 0 Å². The first-order valence-electron chi connectivity index (χ1n) is 10.7. The maximum Gasteiger partial charge on any atom is 0.262 e. The Balaban J connectivity index is 1.79. The summed E-state index contributed by atoms with van der Waals surface area (Å²) in [7, 11) is -3.69. The number of hydrogen-bond acceptors (Lipinski definition) is 6. The van der Waals surface area contributed by atoms with Crippen LogP contribution >= 0.6 is 0 Å². The molecule has 8 heteroatoms. The normalized spacial score (nSPS) is 11.3. The van der Waals surface area contributed by atoms with E-state index < -0.39 is 10.0 Å². The Labute approximate surface area is 191 Å². The van der Waals surface area contributed by atoms with Gasteiger partial charge in [-0.05, 0) is 76.9 Å². The molecule has 0 spiro atoms. The summed E-state index contributed by atoms with van der Waals surface area (Å²) < 4.78 is 28.6. The molecule has 0 saturated heterocycles. The second-order valence-corrected chi connectivity index (χ2v) is 9.52. The maximum atomic E-state index is 13.0. The van der Waals surface area contributed by atoms with Gasteiger partial charge in [-0.2, -0.15) is 4.98 Å². The predicted molar refractivity (Wildman–Crippen MR) is 132 cm³/mol. The van der Waals surface area contributed by atoms with E-state index >= 15 is 0 Å². The maximum absolute atomic E-state index is 13.0. The van der Waals surface area contributed by atoms with Gasteiger partial charge in [0.05, 0.1) is 4.90 Å². The molecule has 3 aromatic rings. The van der Waals surface area contributed by atoms with Crippen LogP contribution in [0, 0.1) is 27.7 Å². The quantitative estimate of drug-likeness (QED) is 0.493. The number of sulfonamides is 1. The number of hydrogen-bond donors (Lipinski definition) is 2. The Kier molecular flexibility index (Phi) is 7.03. The third kappa shape index (κ3) is 5.37. The van der Waals surface area contributed by atoms with E-state index in [2.05, 4.69) is 38.8 Å². The van der Waals surface area contributed by atoms with Gasteiger partial charge in [0, 0.05) is 36.2 Å². The van der Waals surface area contributed by atoms with Gasteiger partial charge < -0.3 is 10.2 Å². The van der Waals surface area contributed by atoms with Gasteiger partial charge in [0.1, 0.15) is 5.82 Å². The average Bonchev–Trinajstić information content (AvgIpc) is 2.69. The minimum Gasteiger partial charge on any atom is -0.357 e. The summed E-state index contributed by atoms with van der Waals surface area (Å²) in [5, 5.41) is 3.21. The number of aromatic nitrogens is 2. The molecule has 1 aromatic heterocycles. The Hall–Kier alpha value is -3.13. The second kappa shape index (κ2) is 9.56. The molecule has 0 radical (unpaired) electrons. The zero-order chi connectivity index (χ0) is 23.5. The molecule has 0 unspecified atom stereocenters. The van der Waals surface area contributed by atoms with Crippen LogP contribution in [0.1, 0.15) is 36.2 Å². The van der Waals surface area contributed by atoms with Crippen molar-refractivity contribution in [2.45, 2.75) is 46.4 Å². The van der Waals surface area contributed by atoms with Gasteiger partial charge in [-0.3, -0.25) is 4.72 Å². The number of nitrogens with zero attached hydrogens (tertiary/aromatic N) is 3. The van der Waals surface area contributed by atoms with Gasteiger partial charge in [0.2, 0.25) is 5.95 Å². The molecule has 2 N–H and O–H groups in total. The largest absolute Gasteiger partial charge is 0.357 e. The van der Waals surface area contributed by atoms with Gasteiger partial charge in [0.25, 0.3) is 10.0 Å². The minimum atomic E-state index is -3.69. The van der Waals surface area contributed by atoms with Crippen LogP contribution in [0.25, 0.3) is 0 Å². The molecule has 7 nitrogen and oxygen atoms in total. The number of anilines is 4. The Morgan fingerprint density at radius 1 is 0.844 bits per heavy atom. The van der Waals surface area contributed by atoms with Gasteiger partial charge >= 0.3 is 0 Å². The molecule has 0 atom stereocenters. The van der Waals surface area contributed by atoms with E-state index in [1.807, 2.05) is 45.9 Å². The van der Waals surface area contributed by atoms with Crippen LogP contribution in [0.2, 0.25) is 0 Å². The molecule has 0 bridgehead atoms. The molecule has 0 amide bonds. The van der Waals surface area contributed by atoms with E-state index in [0.29, 0.717) is 16.5 Å². The predicted octanol–water partition coefficient (Wildman–Crippen LogP) is 5.10. The van der Waals surface area contributed by atoms with Crippen molar-refractivity contribution in [2.24, 2.45) is 0 Å². The van der Waals surface area contributed by atoms with E-state index in [-0.39, 0.29) is 0 Å². The lowest BCUT2D eigenvalue weighted by molar-refractivity contribution is 0.600. The Morgan fingerprint density at radius 3 is 1.97 bits per heavy atom. The fourth-order valence-electron chi connectivity index (χ4n) is 3.86. The number of aryl methyl sites for hydroxylation is 4. The van der Waals surface area contributed by atoms with Crippen molar-refractivity contribution in [3.8, 4) is 0 Å². The zero-order valence-corrected chi connectivity index (χ0v) is 20.3. The summed E-state index contributed by atoms with van der Waals surface area (Å²) in [6, 6.07) is 12.8. The molecule has 0 aliphatic heterocycles. The van der Waals surface area contributed by atoms with Crippen molar-refractivity contribution in [3.63, 3.8) is 0 Å². The molecule has 0 aliphatic rings. The molecule has 2 aromatic carbocycles. The highest BCUT2D eigenvalue weighted by Gasteiger charge is 2.20. The van der Waals surface area contributed by atoms with Crippen molar-refractivity contribution in [1.29, 1.82) is 0 Å². The van der Waals surface area contributed by atoms with Gasteiger partial charge in [-0.1, -0.05) is 17.7 Å². The molecular weight excluding hydrogens is 422 g/mol. The summed E-state index contributed by atoms with van der Waals surface area (Å²) in [6.45, 7) is 13.4. The monoisotopic (exact) mass is 453 g/mol. The Morgan fingerprint density at radius 2 is 1.41 bits per heavy atom. The van der Waals surface area contributed by atoms with E-state index in [0.717, 1.165) is 47.0 Å². The van der Waals surface area contributed by atoms with Crippen LogP contribution in [0.4, 0.5) is 23.1 Å². The molecule has 0 fully saturated rings. The zero-order valence-electron chi connectivity index (χ0n) is 19.5. The van der Waals surface area contributed by atoms with Crippen molar-refractivity contribution >= 4 is 33.2 Å². The van der Waals surface area contributed by atoms with Crippen molar-refractivity contribution in [3.05, 3.63) is 64.8 Å². The van der Waals surface area contributed by atoms with Crippen LogP contribution in [0.3, 0.4) is 0 Å². The summed E-state index contributed by atoms with van der Waals surface area (Å²) >= 11 is 0.